The lowest BCUT2D eigenvalue weighted by molar-refractivity contribution is -0.131. The lowest BCUT2D eigenvalue weighted by atomic mass is 9.96. The normalized spacial score (nSPS) is 22.5. The van der Waals surface area contributed by atoms with Crippen molar-refractivity contribution in [3.63, 3.8) is 0 Å². The number of ether oxygens (including phenoxy) is 1. The van der Waals surface area contributed by atoms with Gasteiger partial charge in [0.05, 0.1) is 0 Å². The molecule has 76 valence electrons. The molecule has 0 aliphatic heterocycles. The minimum absolute atomic E-state index is 0.0416. The Morgan fingerprint density at radius 3 is 2.93 bits per heavy atom. The Morgan fingerprint density at radius 2 is 2.36 bits per heavy atom. The van der Waals surface area contributed by atoms with Gasteiger partial charge in [0, 0.05) is 19.6 Å². The maximum absolute atomic E-state index is 11.2. The van der Waals surface area contributed by atoms with E-state index in [4.69, 9.17) is 9.84 Å². The summed E-state index contributed by atoms with van der Waals surface area (Å²) in [6, 6.07) is 0. The zero-order valence-corrected chi connectivity index (χ0v) is 7.90. The third kappa shape index (κ3) is 2.81. The van der Waals surface area contributed by atoms with Gasteiger partial charge in [-0.05, 0) is 18.1 Å². The van der Waals surface area contributed by atoms with Gasteiger partial charge in [0.25, 0.3) is 0 Å². The van der Waals surface area contributed by atoms with E-state index in [1.807, 2.05) is 0 Å². The molecule has 0 aromatic rings. The topological polar surface area (TPSA) is 63.6 Å². The van der Waals surface area contributed by atoms with Gasteiger partial charge in [0.1, 0.15) is 6.10 Å². The molecule has 0 bridgehead atoms. The summed E-state index contributed by atoms with van der Waals surface area (Å²) in [5, 5.41) is 8.41. The number of carboxylic acid groups (broad SMARTS) is 1. The van der Waals surface area contributed by atoms with Crippen molar-refractivity contribution >= 4 is 11.8 Å². The molecular formula is C10H12O4. The molecule has 1 aliphatic rings. The number of carbonyl (C=O) groups is 2. The number of carbonyl (C=O) groups excluding carboxylic acids is 1. The van der Waals surface area contributed by atoms with E-state index in [-0.39, 0.29) is 5.78 Å². The van der Waals surface area contributed by atoms with Gasteiger partial charge in [0.15, 0.2) is 5.78 Å². The summed E-state index contributed by atoms with van der Waals surface area (Å²) in [5.41, 5.74) is 0.832. The molecular weight excluding hydrogens is 184 g/mol. The van der Waals surface area contributed by atoms with Gasteiger partial charge in [-0.3, -0.25) is 4.79 Å². The second-order valence-corrected chi connectivity index (χ2v) is 3.04. The summed E-state index contributed by atoms with van der Waals surface area (Å²) < 4.78 is 4.93. The van der Waals surface area contributed by atoms with Gasteiger partial charge in [-0.2, -0.15) is 0 Å². The first-order valence-corrected chi connectivity index (χ1v) is 4.30. The second kappa shape index (κ2) is 4.72. The number of methoxy groups -OCH3 is 1. The lowest BCUT2D eigenvalue weighted by Crippen LogP contribution is -2.24. The van der Waals surface area contributed by atoms with Crippen molar-refractivity contribution in [2.45, 2.75) is 18.9 Å². The van der Waals surface area contributed by atoms with Crippen LogP contribution in [0.5, 0.6) is 0 Å². The zero-order valence-electron chi connectivity index (χ0n) is 7.90. The van der Waals surface area contributed by atoms with Crippen LogP contribution in [0.1, 0.15) is 12.8 Å². The molecule has 0 saturated carbocycles. The van der Waals surface area contributed by atoms with Crippen LogP contribution in [0.4, 0.5) is 0 Å². The molecule has 1 N–H and O–H groups in total. The van der Waals surface area contributed by atoms with Crippen LogP contribution >= 0.6 is 0 Å². The predicted octanol–water partition coefficient (Wildman–Crippen LogP) is 0.931. The molecule has 0 radical (unpaired) electrons. The van der Waals surface area contributed by atoms with Crippen LogP contribution in [0, 0.1) is 0 Å². The Kier molecular flexibility index (Phi) is 3.59. The first-order valence-electron chi connectivity index (χ1n) is 4.30. The number of aliphatic carboxylic acids is 1. The summed E-state index contributed by atoms with van der Waals surface area (Å²) in [6.07, 6.45) is 4.70. The molecule has 0 heterocycles. The van der Waals surface area contributed by atoms with Crippen molar-refractivity contribution in [1.29, 1.82) is 0 Å². The second-order valence-electron chi connectivity index (χ2n) is 3.04. The Labute approximate surface area is 81.9 Å². The summed E-state index contributed by atoms with van der Waals surface area (Å²) in [4.78, 5) is 21.4. The third-order valence-corrected chi connectivity index (χ3v) is 2.04. The molecule has 1 rings (SSSR count). The standard InChI is InChI=1S/C10H12O4/c1-14-9-6-7(2-4-8(9)11)3-5-10(12)13/h3,5-6,9H,2,4H2,1H3,(H,12,13)/b5-3+. The number of allylic oxidation sites excluding steroid dienone is 2. The van der Waals surface area contributed by atoms with E-state index in [2.05, 4.69) is 0 Å². The quantitative estimate of drug-likeness (QED) is 0.682. The lowest BCUT2D eigenvalue weighted by Gasteiger charge is -2.16. The fourth-order valence-electron chi connectivity index (χ4n) is 1.30. The number of hydrogen-bond donors (Lipinski definition) is 1. The minimum atomic E-state index is -0.989. The van der Waals surface area contributed by atoms with Crippen molar-refractivity contribution in [2.24, 2.45) is 0 Å². The van der Waals surface area contributed by atoms with Crippen molar-refractivity contribution in [3.8, 4) is 0 Å². The monoisotopic (exact) mass is 196 g/mol. The highest BCUT2D eigenvalue weighted by Gasteiger charge is 2.20. The predicted molar refractivity (Wildman–Crippen MR) is 49.9 cm³/mol. The Balaban J connectivity index is 2.71. The average Bonchev–Trinajstić information content (AvgIpc) is 2.16. The van der Waals surface area contributed by atoms with E-state index in [0.717, 1.165) is 11.6 Å². The molecule has 0 spiro atoms. The molecule has 14 heavy (non-hydrogen) atoms. The van der Waals surface area contributed by atoms with Crippen LogP contribution in [0.2, 0.25) is 0 Å². The van der Waals surface area contributed by atoms with Gasteiger partial charge in [0.2, 0.25) is 0 Å². The van der Waals surface area contributed by atoms with Crippen LogP contribution < -0.4 is 0 Å². The zero-order chi connectivity index (χ0) is 10.6. The molecule has 0 fully saturated rings. The minimum Gasteiger partial charge on any atom is -0.478 e. The van der Waals surface area contributed by atoms with E-state index in [1.54, 1.807) is 6.08 Å². The van der Waals surface area contributed by atoms with Crippen molar-refractivity contribution < 1.29 is 19.4 Å². The van der Waals surface area contributed by atoms with Gasteiger partial charge in [-0.1, -0.05) is 6.08 Å². The Morgan fingerprint density at radius 1 is 1.64 bits per heavy atom. The highest BCUT2D eigenvalue weighted by molar-refractivity contribution is 5.87. The average molecular weight is 196 g/mol. The van der Waals surface area contributed by atoms with Gasteiger partial charge >= 0.3 is 5.97 Å². The number of Topliss-reactive ketones (excluding diaryl/α,β-unsaturated/α-hetero) is 1. The van der Waals surface area contributed by atoms with Gasteiger partial charge < -0.3 is 9.84 Å². The summed E-state index contributed by atoms with van der Waals surface area (Å²) >= 11 is 0. The van der Waals surface area contributed by atoms with Gasteiger partial charge in [-0.25, -0.2) is 4.79 Å². The fourth-order valence-corrected chi connectivity index (χ4v) is 1.30. The smallest absolute Gasteiger partial charge is 0.328 e. The molecule has 0 amide bonds. The highest BCUT2D eigenvalue weighted by atomic mass is 16.5. The van der Waals surface area contributed by atoms with E-state index in [9.17, 15) is 9.59 Å². The number of hydrogen-bond acceptors (Lipinski definition) is 3. The number of carboxylic acids is 1. The van der Waals surface area contributed by atoms with E-state index in [1.165, 1.54) is 13.2 Å². The third-order valence-electron chi connectivity index (χ3n) is 2.04. The summed E-state index contributed by atoms with van der Waals surface area (Å²) in [7, 11) is 1.46. The maximum atomic E-state index is 11.2. The van der Waals surface area contributed by atoms with Crippen LogP contribution in [0.15, 0.2) is 23.8 Å². The van der Waals surface area contributed by atoms with E-state index in [0.29, 0.717) is 12.8 Å². The van der Waals surface area contributed by atoms with Gasteiger partial charge in [-0.15, -0.1) is 0 Å². The summed E-state index contributed by atoms with van der Waals surface area (Å²) in [6.45, 7) is 0. The molecule has 1 atom stereocenters. The molecule has 1 aliphatic carbocycles. The van der Waals surface area contributed by atoms with E-state index >= 15 is 0 Å². The van der Waals surface area contributed by atoms with Crippen LogP contribution in [0.25, 0.3) is 0 Å². The molecule has 4 nitrogen and oxygen atoms in total. The van der Waals surface area contributed by atoms with Crippen LogP contribution in [-0.4, -0.2) is 30.1 Å². The first kappa shape index (κ1) is 10.7. The number of ketones is 1. The van der Waals surface area contributed by atoms with Crippen LogP contribution in [-0.2, 0) is 14.3 Å². The fraction of sp³-hybridized carbons (Fsp3) is 0.400. The highest BCUT2D eigenvalue weighted by Crippen LogP contribution is 2.17. The SMILES string of the molecule is COC1C=C(/C=C/C(=O)O)CCC1=O. The molecule has 0 aromatic carbocycles. The molecule has 1 unspecified atom stereocenters. The largest absolute Gasteiger partial charge is 0.478 e. The summed E-state index contributed by atoms with van der Waals surface area (Å²) in [5.74, 6) is -0.947. The molecule has 0 aromatic heterocycles. The van der Waals surface area contributed by atoms with Crippen molar-refractivity contribution in [2.75, 3.05) is 7.11 Å². The van der Waals surface area contributed by atoms with Crippen LogP contribution in [0.3, 0.4) is 0 Å². The van der Waals surface area contributed by atoms with E-state index < -0.39 is 12.1 Å². The van der Waals surface area contributed by atoms with Crippen molar-refractivity contribution in [3.05, 3.63) is 23.8 Å². The first-order chi connectivity index (χ1) is 6.63. The Hall–Kier alpha value is -1.42. The molecule has 0 saturated heterocycles. The maximum Gasteiger partial charge on any atom is 0.328 e. The Bertz CT molecular complexity index is 301. The number of rotatable bonds is 3. The molecule has 4 heteroatoms. The van der Waals surface area contributed by atoms with Crippen molar-refractivity contribution in [1.82, 2.24) is 0 Å².